The van der Waals surface area contributed by atoms with Crippen molar-refractivity contribution in [3.8, 4) is 6.07 Å². The van der Waals surface area contributed by atoms with Crippen LogP contribution in [0.5, 0.6) is 0 Å². The molecule has 0 spiro atoms. The van der Waals surface area contributed by atoms with E-state index >= 15 is 0 Å². The Morgan fingerprint density at radius 1 is 1.33 bits per heavy atom. The van der Waals surface area contributed by atoms with Gasteiger partial charge in [0.1, 0.15) is 11.9 Å². The highest BCUT2D eigenvalue weighted by atomic mass is 15.3. The minimum atomic E-state index is -0.0323. The summed E-state index contributed by atoms with van der Waals surface area (Å²) in [6, 6.07) is 5.74. The fourth-order valence-corrected chi connectivity index (χ4v) is 2.09. The third-order valence-corrected chi connectivity index (χ3v) is 3.35. The van der Waals surface area contributed by atoms with E-state index < -0.39 is 0 Å². The van der Waals surface area contributed by atoms with Crippen LogP contribution in [0.3, 0.4) is 0 Å². The summed E-state index contributed by atoms with van der Waals surface area (Å²) in [6.45, 7) is 10.5. The summed E-state index contributed by atoms with van der Waals surface area (Å²) in [5, 5.41) is 16.7. The van der Waals surface area contributed by atoms with Crippen molar-refractivity contribution >= 4 is 5.82 Å². The quantitative estimate of drug-likeness (QED) is 0.937. The predicted octanol–water partition coefficient (Wildman–Crippen LogP) is 3.39. The number of nitrogens with zero attached hydrogens (tertiary/aromatic N) is 4. The highest BCUT2D eigenvalue weighted by molar-refractivity contribution is 5.41. The van der Waals surface area contributed by atoms with Gasteiger partial charge in [0.05, 0.1) is 22.8 Å². The van der Waals surface area contributed by atoms with Crippen LogP contribution in [0.2, 0.25) is 0 Å². The van der Waals surface area contributed by atoms with Crippen LogP contribution in [0.1, 0.15) is 50.6 Å². The number of aromatic nitrogens is 3. The second-order valence-corrected chi connectivity index (χ2v) is 6.20. The lowest BCUT2D eigenvalue weighted by Gasteiger charge is -2.19. The molecule has 0 aromatic carbocycles. The van der Waals surface area contributed by atoms with Gasteiger partial charge in [0, 0.05) is 18.0 Å². The topological polar surface area (TPSA) is 66.5 Å². The zero-order valence-corrected chi connectivity index (χ0v) is 13.2. The van der Waals surface area contributed by atoms with E-state index in [0.29, 0.717) is 5.56 Å². The molecule has 0 amide bonds. The fraction of sp³-hybridized carbons (Fsp3) is 0.438. The Morgan fingerprint density at radius 3 is 2.52 bits per heavy atom. The van der Waals surface area contributed by atoms with Crippen molar-refractivity contribution in [2.75, 3.05) is 5.32 Å². The van der Waals surface area contributed by atoms with Gasteiger partial charge in [-0.05, 0) is 46.8 Å². The Balaban J connectivity index is 2.18. The fourth-order valence-electron chi connectivity index (χ4n) is 2.09. The number of anilines is 1. The lowest BCUT2D eigenvalue weighted by atomic mass is 10.1. The Labute approximate surface area is 125 Å². The monoisotopic (exact) mass is 283 g/mol. The number of hydrogen-bond acceptors (Lipinski definition) is 4. The number of nitrogens with one attached hydrogen (secondary N) is 1. The second-order valence-electron chi connectivity index (χ2n) is 6.20. The van der Waals surface area contributed by atoms with Crippen molar-refractivity contribution in [3.63, 3.8) is 0 Å². The molecule has 1 N–H and O–H groups in total. The zero-order valence-electron chi connectivity index (χ0n) is 13.2. The molecule has 2 rings (SSSR count). The third kappa shape index (κ3) is 3.40. The molecule has 5 heteroatoms. The van der Waals surface area contributed by atoms with Crippen molar-refractivity contribution in [1.29, 1.82) is 5.26 Å². The molecule has 0 aliphatic heterocycles. The molecule has 21 heavy (non-hydrogen) atoms. The van der Waals surface area contributed by atoms with Crippen LogP contribution in [0.15, 0.2) is 24.5 Å². The summed E-state index contributed by atoms with van der Waals surface area (Å²) in [6.07, 6.45) is 3.65. The van der Waals surface area contributed by atoms with Gasteiger partial charge in [-0.1, -0.05) is 0 Å². The average molecular weight is 283 g/mol. The van der Waals surface area contributed by atoms with E-state index in [1.807, 2.05) is 17.7 Å². The molecule has 1 unspecified atom stereocenters. The van der Waals surface area contributed by atoms with Crippen molar-refractivity contribution in [2.24, 2.45) is 0 Å². The molecule has 0 aliphatic carbocycles. The lowest BCUT2D eigenvalue weighted by molar-refractivity contribution is 0.354. The summed E-state index contributed by atoms with van der Waals surface area (Å²) in [7, 11) is 0. The Kier molecular flexibility index (Phi) is 3.99. The second kappa shape index (κ2) is 5.57. The summed E-state index contributed by atoms with van der Waals surface area (Å²) in [5.41, 5.74) is 2.69. The van der Waals surface area contributed by atoms with Gasteiger partial charge < -0.3 is 5.32 Å². The predicted molar refractivity (Wildman–Crippen MR) is 82.9 cm³/mol. The first-order chi connectivity index (χ1) is 9.81. The van der Waals surface area contributed by atoms with E-state index in [1.165, 1.54) is 0 Å². The van der Waals surface area contributed by atoms with Crippen LogP contribution in [0, 0.1) is 18.3 Å². The minimum absolute atomic E-state index is 0.0323. The Bertz CT molecular complexity index is 655. The molecule has 110 valence electrons. The maximum absolute atomic E-state index is 8.78. The SMILES string of the molecule is Cc1nn(C(C)(C)C)cc1C(C)Nc1ccc(C#N)cn1. The van der Waals surface area contributed by atoms with Gasteiger partial charge in [0.2, 0.25) is 0 Å². The van der Waals surface area contributed by atoms with Gasteiger partial charge in [0.25, 0.3) is 0 Å². The van der Waals surface area contributed by atoms with Crippen molar-refractivity contribution in [3.05, 3.63) is 41.3 Å². The van der Waals surface area contributed by atoms with Gasteiger partial charge >= 0.3 is 0 Å². The molecule has 2 heterocycles. The van der Waals surface area contributed by atoms with Gasteiger partial charge in [0.15, 0.2) is 0 Å². The number of aryl methyl sites for hydroxylation is 1. The molecule has 0 radical (unpaired) electrons. The van der Waals surface area contributed by atoms with Crippen molar-refractivity contribution in [2.45, 2.75) is 46.2 Å². The number of pyridine rings is 1. The molecular weight excluding hydrogens is 262 g/mol. The third-order valence-electron chi connectivity index (χ3n) is 3.35. The zero-order chi connectivity index (χ0) is 15.6. The molecule has 0 bridgehead atoms. The molecule has 0 fully saturated rings. The lowest BCUT2D eigenvalue weighted by Crippen LogP contribution is -2.22. The van der Waals surface area contributed by atoms with Crippen molar-refractivity contribution in [1.82, 2.24) is 14.8 Å². The molecule has 2 aromatic heterocycles. The molecule has 0 saturated carbocycles. The normalized spacial score (nSPS) is 12.8. The van der Waals surface area contributed by atoms with Crippen LogP contribution < -0.4 is 5.32 Å². The largest absolute Gasteiger partial charge is 0.363 e. The number of nitriles is 1. The number of rotatable bonds is 3. The van der Waals surface area contributed by atoms with Crippen LogP contribution in [0.4, 0.5) is 5.82 Å². The molecule has 2 aromatic rings. The minimum Gasteiger partial charge on any atom is -0.363 e. The molecule has 0 aliphatic rings. The Hall–Kier alpha value is -2.35. The van der Waals surface area contributed by atoms with E-state index in [2.05, 4.69) is 55.4 Å². The van der Waals surface area contributed by atoms with Gasteiger partial charge in [-0.3, -0.25) is 4.68 Å². The van der Waals surface area contributed by atoms with Gasteiger partial charge in [-0.2, -0.15) is 10.4 Å². The van der Waals surface area contributed by atoms with Crippen LogP contribution in [0.25, 0.3) is 0 Å². The summed E-state index contributed by atoms with van der Waals surface area (Å²) in [5.74, 6) is 0.754. The smallest absolute Gasteiger partial charge is 0.126 e. The van der Waals surface area contributed by atoms with E-state index in [1.54, 1.807) is 12.3 Å². The van der Waals surface area contributed by atoms with Crippen molar-refractivity contribution < 1.29 is 0 Å². The molecular formula is C16H21N5. The maximum Gasteiger partial charge on any atom is 0.126 e. The first-order valence-corrected chi connectivity index (χ1v) is 7.00. The van der Waals surface area contributed by atoms with E-state index in [4.69, 9.17) is 5.26 Å². The molecule has 5 nitrogen and oxygen atoms in total. The molecule has 0 saturated heterocycles. The highest BCUT2D eigenvalue weighted by Gasteiger charge is 2.19. The molecule has 1 atom stereocenters. The summed E-state index contributed by atoms with van der Waals surface area (Å²) >= 11 is 0. The first kappa shape index (κ1) is 15.0. The van der Waals surface area contributed by atoms with E-state index in [9.17, 15) is 0 Å². The van der Waals surface area contributed by atoms with Gasteiger partial charge in [-0.25, -0.2) is 4.98 Å². The van der Waals surface area contributed by atoms with Gasteiger partial charge in [-0.15, -0.1) is 0 Å². The average Bonchev–Trinajstić information content (AvgIpc) is 2.82. The van der Waals surface area contributed by atoms with E-state index in [0.717, 1.165) is 17.1 Å². The standard InChI is InChI=1S/C16H21N5/c1-11(19-15-7-6-13(8-17)9-18-15)14-10-21(16(3,4)5)20-12(14)2/h6-7,9-11H,1-5H3,(H,18,19). The summed E-state index contributed by atoms with van der Waals surface area (Å²) in [4.78, 5) is 4.24. The Morgan fingerprint density at radius 2 is 2.05 bits per heavy atom. The first-order valence-electron chi connectivity index (χ1n) is 7.00. The van der Waals surface area contributed by atoms with E-state index in [-0.39, 0.29) is 11.6 Å². The summed E-state index contributed by atoms with van der Waals surface area (Å²) < 4.78 is 1.99. The number of hydrogen-bond donors (Lipinski definition) is 1. The highest BCUT2D eigenvalue weighted by Crippen LogP contribution is 2.23. The van der Waals surface area contributed by atoms with Crippen LogP contribution in [-0.2, 0) is 5.54 Å². The van der Waals surface area contributed by atoms with Crippen LogP contribution >= 0.6 is 0 Å². The van der Waals surface area contributed by atoms with Crippen LogP contribution in [-0.4, -0.2) is 14.8 Å². The maximum atomic E-state index is 8.78.